The first-order chi connectivity index (χ1) is 5.56. The molecule has 0 aliphatic rings. The van der Waals surface area contributed by atoms with Crippen molar-refractivity contribution in [2.45, 2.75) is 0 Å². The number of rotatable bonds is 2. The molecule has 0 saturated carbocycles. The van der Waals surface area contributed by atoms with Gasteiger partial charge in [0.2, 0.25) is 0 Å². The van der Waals surface area contributed by atoms with Crippen LogP contribution in [0.1, 0.15) is 0 Å². The fourth-order valence-electron chi connectivity index (χ4n) is 0. The van der Waals surface area contributed by atoms with Gasteiger partial charge in [-0.3, -0.25) is 0 Å². The predicted octanol–water partition coefficient (Wildman–Crippen LogP) is -7.64. The van der Waals surface area contributed by atoms with Crippen LogP contribution < -0.4 is 45.6 Å². The molecule has 7 nitrogen and oxygen atoms in total. The SMILES string of the molecule is NCCN.NCCN.O=C([O-])[O-].[Cl-].[Co+3]. The molecule has 8 N–H and O–H groups in total. The van der Waals surface area contributed by atoms with Crippen molar-refractivity contribution in [3.05, 3.63) is 0 Å². The molecule has 0 saturated heterocycles. The molecule has 0 rings (SSSR count). The molecule has 0 aromatic rings. The van der Waals surface area contributed by atoms with Crippen LogP contribution in [0.15, 0.2) is 0 Å². The molecule has 0 aromatic heterocycles. The molecule has 0 fully saturated rings. The van der Waals surface area contributed by atoms with Crippen LogP contribution in [0.3, 0.4) is 0 Å². The number of hydrogen-bond acceptors (Lipinski definition) is 7. The van der Waals surface area contributed by atoms with Gasteiger partial charge in [-0.25, -0.2) is 0 Å². The smallest absolute Gasteiger partial charge is 1.00 e. The van der Waals surface area contributed by atoms with Gasteiger partial charge in [0.1, 0.15) is 0 Å². The van der Waals surface area contributed by atoms with Crippen molar-refractivity contribution in [1.29, 1.82) is 0 Å². The Morgan fingerprint density at radius 2 is 0.929 bits per heavy atom. The molecule has 90 valence electrons. The van der Waals surface area contributed by atoms with Crippen LogP contribution in [0.2, 0.25) is 0 Å². The van der Waals surface area contributed by atoms with E-state index in [9.17, 15) is 0 Å². The Labute approximate surface area is 99.8 Å². The first kappa shape index (κ1) is 29.2. The van der Waals surface area contributed by atoms with Crippen molar-refractivity contribution in [2.75, 3.05) is 26.2 Å². The zero-order valence-electron chi connectivity index (χ0n) is 7.57. The Bertz CT molecular complexity index is 79.4. The molecule has 0 atom stereocenters. The molecule has 14 heavy (non-hydrogen) atoms. The molecule has 0 radical (unpaired) electrons. The summed E-state index contributed by atoms with van der Waals surface area (Å²) < 4.78 is 0. The van der Waals surface area contributed by atoms with Gasteiger partial charge in [0.15, 0.2) is 0 Å². The third kappa shape index (κ3) is 390. The van der Waals surface area contributed by atoms with Crippen LogP contribution in [0.25, 0.3) is 0 Å². The molecule has 0 aliphatic carbocycles. The fourth-order valence-corrected chi connectivity index (χ4v) is 0. The molecule has 0 spiro atoms. The summed E-state index contributed by atoms with van der Waals surface area (Å²) in [5.74, 6) is 0. The van der Waals surface area contributed by atoms with Crippen LogP contribution in [-0.4, -0.2) is 32.3 Å². The normalized spacial score (nSPS) is 6.00. The van der Waals surface area contributed by atoms with E-state index in [1.54, 1.807) is 0 Å². The van der Waals surface area contributed by atoms with E-state index in [4.69, 9.17) is 37.9 Å². The molecule has 0 aliphatic heterocycles. The van der Waals surface area contributed by atoms with Crippen molar-refractivity contribution in [1.82, 2.24) is 0 Å². The molecular weight excluding hydrogens is 258 g/mol. The zero-order chi connectivity index (χ0) is 10.4. The van der Waals surface area contributed by atoms with E-state index in [2.05, 4.69) is 0 Å². The Hall–Kier alpha value is -0.0935. The summed E-state index contributed by atoms with van der Waals surface area (Å²) in [6.45, 7) is 2.39. The fraction of sp³-hybridized carbons (Fsp3) is 0.800. The standard InChI is InChI=1S/2C2H8N2.CH2O3.ClH.Co/c2*3-1-2-4;2-1(3)4;;/h2*1-4H2;(H2,2,3,4);1H;/q;;;;+3/p-3. The summed E-state index contributed by atoms with van der Waals surface area (Å²) in [5.41, 5.74) is 19.6. The van der Waals surface area contributed by atoms with Gasteiger partial charge in [-0.05, 0) is 6.16 Å². The predicted molar refractivity (Wildman–Crippen MR) is 41.6 cm³/mol. The van der Waals surface area contributed by atoms with Gasteiger partial charge in [-0.15, -0.1) is 0 Å². The number of halogens is 1. The minimum absolute atomic E-state index is 0. The first-order valence-corrected chi connectivity index (χ1v) is 3.25. The van der Waals surface area contributed by atoms with Crippen LogP contribution in [0.4, 0.5) is 4.79 Å². The van der Waals surface area contributed by atoms with E-state index < -0.39 is 6.16 Å². The number of hydrogen-bond donors (Lipinski definition) is 4. The molecule has 0 unspecified atom stereocenters. The van der Waals surface area contributed by atoms with Crippen LogP contribution in [0, 0.1) is 0 Å². The summed E-state index contributed by atoms with van der Waals surface area (Å²) in [4.78, 5) is 8.33. The summed E-state index contributed by atoms with van der Waals surface area (Å²) in [5, 5.41) is 16.7. The van der Waals surface area contributed by atoms with Crippen molar-refractivity contribution >= 4 is 6.16 Å². The number of nitrogens with two attached hydrogens (primary N) is 4. The molecule has 0 aromatic carbocycles. The summed E-state index contributed by atoms with van der Waals surface area (Å²) in [6.07, 6.45) is -2.33. The summed E-state index contributed by atoms with van der Waals surface area (Å²) in [7, 11) is 0. The Balaban J connectivity index is -0.0000000270. The van der Waals surface area contributed by atoms with E-state index in [1.807, 2.05) is 0 Å². The van der Waals surface area contributed by atoms with Crippen LogP contribution >= 0.6 is 0 Å². The Kier molecular flexibility index (Phi) is 80.0. The second-order valence-corrected chi connectivity index (χ2v) is 1.40. The Morgan fingerprint density at radius 3 is 0.929 bits per heavy atom. The first-order valence-electron chi connectivity index (χ1n) is 3.25. The van der Waals surface area contributed by atoms with Crippen molar-refractivity contribution in [3.63, 3.8) is 0 Å². The summed E-state index contributed by atoms with van der Waals surface area (Å²) >= 11 is 0. The maximum atomic E-state index is 8.33. The number of carboxylic acid groups (broad SMARTS) is 2. The minimum Gasteiger partial charge on any atom is -1.00 e. The van der Waals surface area contributed by atoms with Gasteiger partial charge < -0.3 is 50.3 Å². The number of carbonyl (C=O) groups excluding carboxylic acids is 1. The van der Waals surface area contributed by atoms with Crippen molar-refractivity contribution < 1.29 is 44.2 Å². The quantitative estimate of drug-likeness (QED) is 0.388. The molecule has 9 heteroatoms. The largest absolute Gasteiger partial charge is 3.00 e. The van der Waals surface area contributed by atoms with E-state index in [-0.39, 0.29) is 29.2 Å². The molecule has 0 amide bonds. The second kappa shape index (κ2) is 38.4. The van der Waals surface area contributed by atoms with Gasteiger partial charge in [-0.2, -0.15) is 0 Å². The summed E-state index contributed by atoms with van der Waals surface area (Å²) in [6, 6.07) is 0. The molecular formula is C5H16ClCoN4O3. The second-order valence-electron chi connectivity index (χ2n) is 1.40. The monoisotopic (exact) mass is 274 g/mol. The Morgan fingerprint density at radius 1 is 0.857 bits per heavy atom. The van der Waals surface area contributed by atoms with Crippen LogP contribution in [0.5, 0.6) is 0 Å². The van der Waals surface area contributed by atoms with Gasteiger partial charge >= 0.3 is 16.8 Å². The van der Waals surface area contributed by atoms with Gasteiger partial charge in [0.25, 0.3) is 0 Å². The average molecular weight is 275 g/mol. The number of carbonyl (C=O) groups is 1. The van der Waals surface area contributed by atoms with E-state index in [0.29, 0.717) is 26.2 Å². The van der Waals surface area contributed by atoms with Crippen molar-refractivity contribution in [3.8, 4) is 0 Å². The van der Waals surface area contributed by atoms with Gasteiger partial charge in [0, 0.05) is 26.2 Å². The van der Waals surface area contributed by atoms with E-state index >= 15 is 0 Å². The van der Waals surface area contributed by atoms with E-state index in [1.165, 1.54) is 0 Å². The molecule has 0 heterocycles. The van der Waals surface area contributed by atoms with E-state index in [0.717, 1.165) is 0 Å². The van der Waals surface area contributed by atoms with Crippen molar-refractivity contribution in [2.24, 2.45) is 22.9 Å². The zero-order valence-corrected chi connectivity index (χ0v) is 9.37. The van der Waals surface area contributed by atoms with Gasteiger partial charge in [-0.1, -0.05) is 0 Å². The third-order valence-corrected chi connectivity index (χ3v) is 0.333. The maximum absolute atomic E-state index is 8.33. The van der Waals surface area contributed by atoms with Gasteiger partial charge in [0.05, 0.1) is 0 Å². The topological polar surface area (TPSA) is 167 Å². The minimum atomic E-state index is -2.33. The third-order valence-electron chi connectivity index (χ3n) is 0.333. The van der Waals surface area contributed by atoms with Crippen LogP contribution in [-0.2, 0) is 16.8 Å². The molecule has 0 bridgehead atoms. The average Bonchev–Trinajstić information content (AvgIpc) is 2.03. The maximum Gasteiger partial charge on any atom is 3.00 e.